The molecule has 0 N–H and O–H groups in total. The number of esters is 2. The van der Waals surface area contributed by atoms with Crippen LogP contribution in [0.5, 0.6) is 0 Å². The molecule has 6 heteroatoms. The third kappa shape index (κ3) is 6.24. The number of carbonyl (C=O) groups excluding carboxylic acids is 2. The van der Waals surface area contributed by atoms with Crippen LogP contribution in [0.3, 0.4) is 0 Å². The van der Waals surface area contributed by atoms with Crippen molar-refractivity contribution in [2.24, 2.45) is 0 Å². The van der Waals surface area contributed by atoms with Crippen LogP contribution in [0.4, 0.5) is 0 Å². The fourth-order valence-corrected chi connectivity index (χ4v) is 2.41. The number of carbonyl (C=O) groups is 2. The number of hydrogen-bond acceptors (Lipinski definition) is 5. The maximum atomic E-state index is 12.4. The van der Waals surface area contributed by atoms with Crippen LogP contribution in [0.15, 0.2) is 16.6 Å². The van der Waals surface area contributed by atoms with Crippen molar-refractivity contribution < 1.29 is 23.8 Å². The second kappa shape index (κ2) is 7.66. The van der Waals surface area contributed by atoms with E-state index in [0.29, 0.717) is 21.2 Å². The molecule has 1 aromatic rings. The minimum atomic E-state index is -0.613. The molecule has 0 radical (unpaired) electrons. The third-order valence-corrected chi connectivity index (χ3v) is 3.39. The molecular weight excluding hydrogens is 376 g/mol. The molecule has 0 atom stereocenters. The fourth-order valence-electron chi connectivity index (χ4n) is 1.91. The lowest BCUT2D eigenvalue weighted by Crippen LogP contribution is -2.26. The first kappa shape index (κ1) is 20.6. The molecule has 5 nitrogen and oxygen atoms in total. The van der Waals surface area contributed by atoms with Gasteiger partial charge in [0.1, 0.15) is 11.2 Å². The molecule has 0 aliphatic rings. The van der Waals surface area contributed by atoms with E-state index in [2.05, 4.69) is 15.9 Å². The second-order valence-electron chi connectivity index (χ2n) is 7.43. The Morgan fingerprint density at radius 3 is 1.79 bits per heavy atom. The van der Waals surface area contributed by atoms with Gasteiger partial charge in [-0.3, -0.25) is 0 Å². The second-order valence-corrected chi connectivity index (χ2v) is 8.28. The summed E-state index contributed by atoms with van der Waals surface area (Å²) >= 11 is 3.34. The Labute approximate surface area is 151 Å². The molecule has 1 rings (SSSR count). The lowest BCUT2D eigenvalue weighted by Gasteiger charge is -2.22. The number of methoxy groups -OCH3 is 1. The van der Waals surface area contributed by atoms with Gasteiger partial charge >= 0.3 is 11.9 Å². The standard InChI is InChI=1S/C18H25BrO5/c1-17(2,3)23-15(20)12-9-14(19)13(8-11(12)10-22-7)16(21)24-18(4,5)6/h8-9H,10H2,1-7H3. The van der Waals surface area contributed by atoms with Gasteiger partial charge in [0.2, 0.25) is 0 Å². The van der Waals surface area contributed by atoms with E-state index >= 15 is 0 Å². The topological polar surface area (TPSA) is 61.8 Å². The summed E-state index contributed by atoms with van der Waals surface area (Å²) in [5, 5.41) is 0. The van der Waals surface area contributed by atoms with Gasteiger partial charge in [0, 0.05) is 11.6 Å². The quantitative estimate of drug-likeness (QED) is 0.695. The summed E-state index contributed by atoms with van der Waals surface area (Å²) in [4.78, 5) is 24.7. The van der Waals surface area contributed by atoms with E-state index in [9.17, 15) is 9.59 Å². The van der Waals surface area contributed by atoms with Gasteiger partial charge in [0.25, 0.3) is 0 Å². The number of rotatable bonds is 4. The van der Waals surface area contributed by atoms with Crippen LogP contribution in [0.1, 0.15) is 67.8 Å². The van der Waals surface area contributed by atoms with Crippen molar-refractivity contribution in [1.29, 1.82) is 0 Å². The zero-order chi connectivity index (χ0) is 18.7. The van der Waals surface area contributed by atoms with E-state index in [1.165, 1.54) is 7.11 Å². The first-order chi connectivity index (χ1) is 10.8. The minimum Gasteiger partial charge on any atom is -0.456 e. The van der Waals surface area contributed by atoms with Gasteiger partial charge in [-0.1, -0.05) is 0 Å². The van der Waals surface area contributed by atoms with Crippen molar-refractivity contribution in [3.8, 4) is 0 Å². The molecule has 0 bridgehead atoms. The highest BCUT2D eigenvalue weighted by Gasteiger charge is 2.25. The van der Waals surface area contributed by atoms with E-state index in [1.807, 2.05) is 0 Å². The normalized spacial score (nSPS) is 12.0. The van der Waals surface area contributed by atoms with Crippen LogP contribution >= 0.6 is 15.9 Å². The van der Waals surface area contributed by atoms with E-state index in [-0.39, 0.29) is 6.61 Å². The summed E-state index contributed by atoms with van der Waals surface area (Å²) in [6.45, 7) is 11.0. The Morgan fingerprint density at radius 2 is 1.38 bits per heavy atom. The molecule has 0 aliphatic carbocycles. The molecule has 0 saturated heterocycles. The van der Waals surface area contributed by atoms with Gasteiger partial charge < -0.3 is 14.2 Å². The number of hydrogen-bond donors (Lipinski definition) is 0. The summed E-state index contributed by atoms with van der Waals surface area (Å²) in [5.74, 6) is -0.937. The molecule has 0 unspecified atom stereocenters. The predicted molar refractivity (Wildman–Crippen MR) is 95.2 cm³/mol. The van der Waals surface area contributed by atoms with Crippen molar-refractivity contribution in [3.05, 3.63) is 33.3 Å². The fraction of sp³-hybridized carbons (Fsp3) is 0.556. The lowest BCUT2D eigenvalue weighted by atomic mass is 10.0. The Hall–Kier alpha value is -1.40. The molecule has 0 spiro atoms. The van der Waals surface area contributed by atoms with E-state index in [1.54, 1.807) is 53.7 Å². The van der Waals surface area contributed by atoms with Gasteiger partial charge in [-0.15, -0.1) is 0 Å². The van der Waals surface area contributed by atoms with E-state index < -0.39 is 23.1 Å². The highest BCUT2D eigenvalue weighted by atomic mass is 79.9. The zero-order valence-electron chi connectivity index (χ0n) is 15.3. The Balaban J connectivity index is 3.27. The van der Waals surface area contributed by atoms with Crippen molar-refractivity contribution in [2.45, 2.75) is 59.4 Å². The molecule has 134 valence electrons. The van der Waals surface area contributed by atoms with Gasteiger partial charge in [-0.25, -0.2) is 9.59 Å². The van der Waals surface area contributed by atoms with Gasteiger partial charge in [-0.2, -0.15) is 0 Å². The maximum Gasteiger partial charge on any atom is 0.339 e. The highest BCUT2D eigenvalue weighted by Crippen LogP contribution is 2.27. The number of benzene rings is 1. The largest absolute Gasteiger partial charge is 0.456 e. The molecule has 0 saturated carbocycles. The molecule has 0 fully saturated rings. The van der Waals surface area contributed by atoms with Crippen molar-refractivity contribution in [3.63, 3.8) is 0 Å². The SMILES string of the molecule is COCc1cc(C(=O)OC(C)(C)C)c(Br)cc1C(=O)OC(C)(C)C. The molecule has 0 amide bonds. The first-order valence-corrected chi connectivity index (χ1v) is 8.41. The van der Waals surface area contributed by atoms with Crippen LogP contribution in [-0.4, -0.2) is 30.3 Å². The van der Waals surface area contributed by atoms with Gasteiger partial charge in [0.15, 0.2) is 0 Å². The Bertz CT molecular complexity index is 624. The molecule has 0 aromatic heterocycles. The molecule has 0 heterocycles. The van der Waals surface area contributed by atoms with Crippen LogP contribution in [-0.2, 0) is 20.8 Å². The number of ether oxygens (including phenoxy) is 3. The zero-order valence-corrected chi connectivity index (χ0v) is 16.9. The Morgan fingerprint density at radius 1 is 0.917 bits per heavy atom. The average molecular weight is 401 g/mol. The summed E-state index contributed by atoms with van der Waals surface area (Å²) in [6, 6.07) is 3.17. The molecule has 0 aliphatic heterocycles. The van der Waals surface area contributed by atoms with Gasteiger partial charge in [0.05, 0.1) is 17.7 Å². The molecular formula is C18H25BrO5. The molecule has 1 aromatic carbocycles. The van der Waals surface area contributed by atoms with E-state index in [0.717, 1.165) is 0 Å². The smallest absolute Gasteiger partial charge is 0.339 e. The third-order valence-electron chi connectivity index (χ3n) is 2.73. The monoisotopic (exact) mass is 400 g/mol. The number of halogens is 1. The summed E-state index contributed by atoms with van der Waals surface area (Å²) in [7, 11) is 1.52. The van der Waals surface area contributed by atoms with Crippen LogP contribution in [0.25, 0.3) is 0 Å². The maximum absolute atomic E-state index is 12.4. The van der Waals surface area contributed by atoms with Crippen LogP contribution < -0.4 is 0 Å². The molecule has 24 heavy (non-hydrogen) atoms. The first-order valence-electron chi connectivity index (χ1n) is 7.62. The minimum absolute atomic E-state index is 0.178. The van der Waals surface area contributed by atoms with Crippen molar-refractivity contribution >= 4 is 27.9 Å². The van der Waals surface area contributed by atoms with Crippen molar-refractivity contribution in [1.82, 2.24) is 0 Å². The summed E-state index contributed by atoms with van der Waals surface area (Å²) in [5.41, 5.74) is 0.0329. The Kier molecular flexibility index (Phi) is 6.59. The highest BCUT2D eigenvalue weighted by molar-refractivity contribution is 9.10. The predicted octanol–water partition coefficient (Wildman–Crippen LogP) is 4.51. The summed E-state index contributed by atoms with van der Waals surface area (Å²) < 4.78 is 16.4. The van der Waals surface area contributed by atoms with Crippen molar-refractivity contribution in [2.75, 3.05) is 7.11 Å². The average Bonchev–Trinajstić information content (AvgIpc) is 2.36. The lowest BCUT2D eigenvalue weighted by molar-refractivity contribution is 0.00480. The van der Waals surface area contributed by atoms with E-state index in [4.69, 9.17) is 14.2 Å². The summed E-state index contributed by atoms with van der Waals surface area (Å²) in [6.07, 6.45) is 0. The van der Waals surface area contributed by atoms with Crippen LogP contribution in [0, 0.1) is 0 Å². The van der Waals surface area contributed by atoms with Crippen LogP contribution in [0.2, 0.25) is 0 Å². The van der Waals surface area contributed by atoms with Gasteiger partial charge in [-0.05, 0) is 75.2 Å².